The topological polar surface area (TPSA) is 46.3 Å². The quantitative estimate of drug-likeness (QED) is 0.824. The molecule has 1 amide bonds. The zero-order valence-electron chi connectivity index (χ0n) is 11.0. The van der Waals surface area contributed by atoms with Crippen LogP contribution in [0.25, 0.3) is 0 Å². The minimum Gasteiger partial charge on any atom is -0.334 e. The average molecular weight is 266 g/mol. The molecule has 0 saturated heterocycles. The van der Waals surface area contributed by atoms with Crippen LogP contribution in [-0.2, 0) is 11.3 Å². The van der Waals surface area contributed by atoms with Crippen LogP contribution in [0.2, 0.25) is 0 Å². The molecule has 1 unspecified atom stereocenters. The van der Waals surface area contributed by atoms with Gasteiger partial charge in [0.05, 0.1) is 12.5 Å². The van der Waals surface area contributed by atoms with Crippen LogP contribution in [0.15, 0.2) is 17.5 Å². The van der Waals surface area contributed by atoms with E-state index in [2.05, 4.69) is 23.3 Å². The number of nitrogens with two attached hydrogens (primary N) is 1. The van der Waals surface area contributed by atoms with Gasteiger partial charge in [0, 0.05) is 17.5 Å². The van der Waals surface area contributed by atoms with Crippen molar-refractivity contribution in [1.82, 2.24) is 4.90 Å². The summed E-state index contributed by atoms with van der Waals surface area (Å²) in [6, 6.07) is 4.61. The summed E-state index contributed by atoms with van der Waals surface area (Å²) in [6.45, 7) is 3.35. The number of nitrogens with zero attached hydrogens (tertiary/aromatic N) is 1. The summed E-state index contributed by atoms with van der Waals surface area (Å²) in [5, 5.41) is 2.07. The summed E-state index contributed by atoms with van der Waals surface area (Å²) in [6.07, 6.45) is 4.23. The Kier molecular flexibility index (Phi) is 4.78. The van der Waals surface area contributed by atoms with Crippen molar-refractivity contribution in [1.29, 1.82) is 0 Å². The third-order valence-corrected chi connectivity index (χ3v) is 4.31. The first kappa shape index (κ1) is 13.6. The average Bonchev–Trinajstić information content (AvgIpc) is 3.09. The second kappa shape index (κ2) is 6.34. The third kappa shape index (κ3) is 3.33. The van der Waals surface area contributed by atoms with Crippen molar-refractivity contribution in [3.8, 4) is 0 Å². The van der Waals surface area contributed by atoms with Crippen molar-refractivity contribution in [3.05, 3.63) is 22.4 Å². The van der Waals surface area contributed by atoms with Crippen molar-refractivity contribution < 1.29 is 4.79 Å². The van der Waals surface area contributed by atoms with Crippen molar-refractivity contribution in [2.24, 2.45) is 11.7 Å². The molecular formula is C14H22N2OS. The number of hydrogen-bond donors (Lipinski definition) is 1. The van der Waals surface area contributed by atoms with E-state index in [1.165, 1.54) is 4.88 Å². The SMILES string of the molecule is CCCC(CN)C(=O)N(Cc1cccs1)C1CC1. The molecule has 0 aromatic carbocycles. The highest BCUT2D eigenvalue weighted by Crippen LogP contribution is 2.31. The van der Waals surface area contributed by atoms with E-state index in [0.717, 1.165) is 32.2 Å². The zero-order valence-corrected chi connectivity index (χ0v) is 11.8. The molecule has 1 aromatic heterocycles. The molecule has 1 saturated carbocycles. The van der Waals surface area contributed by atoms with Gasteiger partial charge in [0.2, 0.25) is 5.91 Å². The Morgan fingerprint density at radius 3 is 2.89 bits per heavy atom. The number of amides is 1. The van der Waals surface area contributed by atoms with Crippen LogP contribution in [-0.4, -0.2) is 23.4 Å². The summed E-state index contributed by atoms with van der Waals surface area (Å²) in [7, 11) is 0. The molecule has 0 radical (unpaired) electrons. The van der Waals surface area contributed by atoms with Crippen LogP contribution in [0.1, 0.15) is 37.5 Å². The molecule has 1 aliphatic carbocycles. The highest BCUT2D eigenvalue weighted by molar-refractivity contribution is 7.09. The first-order valence-corrected chi connectivity index (χ1v) is 7.67. The first-order valence-electron chi connectivity index (χ1n) is 6.79. The Morgan fingerprint density at radius 2 is 2.39 bits per heavy atom. The monoisotopic (exact) mass is 266 g/mol. The fourth-order valence-electron chi connectivity index (χ4n) is 2.27. The van der Waals surface area contributed by atoms with Crippen molar-refractivity contribution in [2.45, 2.75) is 45.2 Å². The lowest BCUT2D eigenvalue weighted by molar-refractivity contribution is -0.136. The minimum atomic E-state index is 0.00978. The molecular weight excluding hydrogens is 244 g/mol. The molecule has 2 rings (SSSR count). The van der Waals surface area contributed by atoms with Gasteiger partial charge in [-0.15, -0.1) is 11.3 Å². The predicted molar refractivity (Wildman–Crippen MR) is 75.3 cm³/mol. The molecule has 1 atom stereocenters. The van der Waals surface area contributed by atoms with E-state index in [9.17, 15) is 4.79 Å². The maximum absolute atomic E-state index is 12.5. The lowest BCUT2D eigenvalue weighted by Gasteiger charge is -2.26. The van der Waals surface area contributed by atoms with Crippen LogP contribution in [0.5, 0.6) is 0 Å². The Hall–Kier alpha value is -0.870. The normalized spacial score (nSPS) is 16.6. The van der Waals surface area contributed by atoms with Gasteiger partial charge in [-0.2, -0.15) is 0 Å². The van der Waals surface area contributed by atoms with Gasteiger partial charge in [0.15, 0.2) is 0 Å². The van der Waals surface area contributed by atoms with E-state index >= 15 is 0 Å². The molecule has 100 valence electrons. The van der Waals surface area contributed by atoms with Crippen LogP contribution in [0, 0.1) is 5.92 Å². The van der Waals surface area contributed by atoms with Crippen molar-refractivity contribution >= 4 is 17.2 Å². The fraction of sp³-hybridized carbons (Fsp3) is 0.643. The van der Waals surface area contributed by atoms with E-state index < -0.39 is 0 Å². The van der Waals surface area contributed by atoms with E-state index in [1.54, 1.807) is 11.3 Å². The second-order valence-corrected chi connectivity index (χ2v) is 6.03. The lowest BCUT2D eigenvalue weighted by Crippen LogP contribution is -2.40. The summed E-state index contributed by atoms with van der Waals surface area (Å²) < 4.78 is 0. The predicted octanol–water partition coefficient (Wildman–Crippen LogP) is 2.61. The molecule has 3 nitrogen and oxygen atoms in total. The molecule has 0 bridgehead atoms. The Balaban J connectivity index is 2.02. The standard InChI is InChI=1S/C14H22N2OS/c1-2-4-11(9-15)14(17)16(12-6-7-12)10-13-5-3-8-18-13/h3,5,8,11-12H,2,4,6-7,9-10,15H2,1H3. The van der Waals surface area contributed by atoms with Gasteiger partial charge in [-0.05, 0) is 30.7 Å². The van der Waals surface area contributed by atoms with Gasteiger partial charge in [-0.1, -0.05) is 19.4 Å². The van der Waals surface area contributed by atoms with Crippen molar-refractivity contribution in [2.75, 3.05) is 6.54 Å². The molecule has 18 heavy (non-hydrogen) atoms. The molecule has 1 aliphatic rings. The Morgan fingerprint density at radius 1 is 1.61 bits per heavy atom. The summed E-state index contributed by atoms with van der Waals surface area (Å²) in [5.74, 6) is 0.269. The van der Waals surface area contributed by atoms with E-state index in [1.807, 2.05) is 6.07 Å². The Bertz CT molecular complexity index is 373. The van der Waals surface area contributed by atoms with Crippen LogP contribution in [0.3, 0.4) is 0 Å². The van der Waals surface area contributed by atoms with Crippen LogP contribution in [0.4, 0.5) is 0 Å². The highest BCUT2D eigenvalue weighted by atomic mass is 32.1. The highest BCUT2D eigenvalue weighted by Gasteiger charge is 2.35. The summed E-state index contributed by atoms with van der Waals surface area (Å²) in [4.78, 5) is 15.8. The molecule has 4 heteroatoms. The zero-order chi connectivity index (χ0) is 13.0. The molecule has 1 fully saturated rings. The van der Waals surface area contributed by atoms with Gasteiger partial charge < -0.3 is 10.6 Å². The smallest absolute Gasteiger partial charge is 0.227 e. The molecule has 2 N–H and O–H groups in total. The van der Waals surface area contributed by atoms with Crippen LogP contribution >= 0.6 is 11.3 Å². The maximum atomic E-state index is 12.5. The second-order valence-electron chi connectivity index (χ2n) is 5.00. The maximum Gasteiger partial charge on any atom is 0.227 e. The number of rotatable bonds is 7. The summed E-state index contributed by atoms with van der Waals surface area (Å²) >= 11 is 1.72. The fourth-order valence-corrected chi connectivity index (χ4v) is 2.97. The number of carbonyl (C=O) groups is 1. The van der Waals surface area contributed by atoms with Crippen molar-refractivity contribution in [3.63, 3.8) is 0 Å². The third-order valence-electron chi connectivity index (χ3n) is 3.45. The first-order chi connectivity index (χ1) is 8.76. The Labute approximate surface area is 113 Å². The van der Waals surface area contributed by atoms with E-state index in [0.29, 0.717) is 12.6 Å². The molecule has 0 spiro atoms. The van der Waals surface area contributed by atoms with E-state index in [-0.39, 0.29) is 11.8 Å². The molecule has 0 aliphatic heterocycles. The van der Waals surface area contributed by atoms with Gasteiger partial charge in [-0.3, -0.25) is 4.79 Å². The van der Waals surface area contributed by atoms with Crippen LogP contribution < -0.4 is 5.73 Å². The lowest BCUT2D eigenvalue weighted by atomic mass is 10.0. The largest absolute Gasteiger partial charge is 0.334 e. The summed E-state index contributed by atoms with van der Waals surface area (Å²) in [5.41, 5.74) is 5.75. The van der Waals surface area contributed by atoms with E-state index in [4.69, 9.17) is 5.73 Å². The molecule has 1 heterocycles. The van der Waals surface area contributed by atoms with Gasteiger partial charge in [-0.25, -0.2) is 0 Å². The minimum absolute atomic E-state index is 0.00978. The van der Waals surface area contributed by atoms with Gasteiger partial charge >= 0.3 is 0 Å². The van der Waals surface area contributed by atoms with Gasteiger partial charge in [0.25, 0.3) is 0 Å². The molecule has 1 aromatic rings. The number of thiophene rings is 1. The number of hydrogen-bond acceptors (Lipinski definition) is 3. The number of carbonyl (C=O) groups excluding carboxylic acids is 1. The van der Waals surface area contributed by atoms with Gasteiger partial charge in [0.1, 0.15) is 0 Å².